The van der Waals surface area contributed by atoms with Crippen molar-refractivity contribution < 1.29 is 9.53 Å². The first-order valence-corrected chi connectivity index (χ1v) is 9.66. The highest BCUT2D eigenvalue weighted by Crippen LogP contribution is 2.26. The zero-order chi connectivity index (χ0) is 20.2. The summed E-state index contributed by atoms with van der Waals surface area (Å²) in [7, 11) is 2.09. The van der Waals surface area contributed by atoms with E-state index in [2.05, 4.69) is 39.6 Å². The molecule has 2 heterocycles. The molecule has 0 aliphatic carbocycles. The highest BCUT2D eigenvalue weighted by Gasteiger charge is 2.33. The van der Waals surface area contributed by atoms with Crippen molar-refractivity contribution in [2.45, 2.75) is 19.1 Å². The van der Waals surface area contributed by atoms with E-state index in [0.29, 0.717) is 12.3 Å². The molecule has 0 saturated carbocycles. The molecule has 8 heteroatoms. The molecule has 0 spiro atoms. The summed E-state index contributed by atoms with van der Waals surface area (Å²) in [6.45, 7) is 4.14. The molecule has 1 amide bonds. The molecule has 1 aromatic heterocycles. The Morgan fingerprint density at radius 2 is 1.86 bits per heavy atom. The van der Waals surface area contributed by atoms with Gasteiger partial charge in [0.2, 0.25) is 0 Å². The zero-order valence-corrected chi connectivity index (χ0v) is 16.5. The zero-order valence-electron chi connectivity index (χ0n) is 16.5. The summed E-state index contributed by atoms with van der Waals surface area (Å²) >= 11 is 0. The highest BCUT2D eigenvalue weighted by molar-refractivity contribution is 5.81. The summed E-state index contributed by atoms with van der Waals surface area (Å²) < 4.78 is 7.51. The molecule has 4 rings (SSSR count). The maximum Gasteiger partial charge on any atom is 0.263 e. The number of rotatable bonds is 5. The Balaban J connectivity index is 1.46. The van der Waals surface area contributed by atoms with Gasteiger partial charge in [0.05, 0.1) is 11.7 Å². The second-order valence-electron chi connectivity index (χ2n) is 7.23. The van der Waals surface area contributed by atoms with Gasteiger partial charge in [-0.3, -0.25) is 4.79 Å². The topological polar surface area (TPSA) is 76.4 Å². The first kappa shape index (κ1) is 19.1. The van der Waals surface area contributed by atoms with E-state index >= 15 is 0 Å². The molecule has 150 valence electrons. The van der Waals surface area contributed by atoms with Crippen molar-refractivity contribution in [2.75, 3.05) is 26.7 Å². The third kappa shape index (κ3) is 4.27. The minimum atomic E-state index is -0.580. The Morgan fingerprint density at radius 1 is 1.10 bits per heavy atom. The molecule has 1 aliphatic rings. The molecule has 0 unspecified atom stereocenters. The number of tetrazole rings is 1. The molecule has 2 atom stereocenters. The summed E-state index contributed by atoms with van der Waals surface area (Å²) in [6.07, 6.45) is 0.947. The van der Waals surface area contributed by atoms with Gasteiger partial charge >= 0.3 is 0 Å². The number of likely N-dealkylation sites (N-methyl/N-ethyl adjacent to an activating group) is 1. The van der Waals surface area contributed by atoms with E-state index in [1.165, 1.54) is 6.33 Å². The van der Waals surface area contributed by atoms with Gasteiger partial charge < -0.3 is 14.5 Å². The van der Waals surface area contributed by atoms with E-state index in [4.69, 9.17) is 4.74 Å². The number of benzene rings is 2. The summed E-state index contributed by atoms with van der Waals surface area (Å²) in [5.74, 6) is 0.629. The second-order valence-corrected chi connectivity index (χ2v) is 7.23. The maximum absolute atomic E-state index is 13.2. The van der Waals surface area contributed by atoms with Crippen molar-refractivity contribution in [3.8, 4) is 11.4 Å². The molecule has 29 heavy (non-hydrogen) atoms. The summed E-state index contributed by atoms with van der Waals surface area (Å²) in [4.78, 5) is 17.4. The van der Waals surface area contributed by atoms with Gasteiger partial charge in [-0.15, -0.1) is 5.10 Å². The largest absolute Gasteiger partial charge is 0.481 e. The quantitative estimate of drug-likeness (QED) is 0.661. The number of amides is 1. The van der Waals surface area contributed by atoms with Crippen LogP contribution in [0.15, 0.2) is 60.9 Å². The number of hydrogen-bond donors (Lipinski definition) is 0. The molecular weight excluding hydrogens is 368 g/mol. The molecule has 2 aromatic carbocycles. The van der Waals surface area contributed by atoms with Gasteiger partial charge in [-0.05, 0) is 54.2 Å². The van der Waals surface area contributed by atoms with Gasteiger partial charge in [0.25, 0.3) is 5.91 Å². The number of hydrogen-bond acceptors (Lipinski definition) is 6. The third-order valence-electron chi connectivity index (χ3n) is 5.16. The van der Waals surface area contributed by atoms with Gasteiger partial charge in [-0.2, -0.15) is 0 Å². The van der Waals surface area contributed by atoms with Crippen molar-refractivity contribution >= 4 is 5.91 Å². The lowest BCUT2D eigenvalue weighted by atomic mass is 10.0. The Morgan fingerprint density at radius 3 is 2.55 bits per heavy atom. The van der Waals surface area contributed by atoms with E-state index in [1.807, 2.05) is 47.4 Å². The van der Waals surface area contributed by atoms with Gasteiger partial charge in [-0.25, -0.2) is 4.68 Å². The Bertz CT molecular complexity index is 930. The van der Waals surface area contributed by atoms with Crippen LogP contribution in [0, 0.1) is 0 Å². The van der Waals surface area contributed by atoms with Crippen molar-refractivity contribution in [3.63, 3.8) is 0 Å². The fourth-order valence-corrected chi connectivity index (χ4v) is 3.59. The summed E-state index contributed by atoms with van der Waals surface area (Å²) in [5.41, 5.74) is 1.97. The third-order valence-corrected chi connectivity index (χ3v) is 5.16. The van der Waals surface area contributed by atoms with Crippen LogP contribution >= 0.6 is 0 Å². The average molecular weight is 392 g/mol. The van der Waals surface area contributed by atoms with E-state index < -0.39 is 6.10 Å². The van der Waals surface area contributed by atoms with E-state index in [1.54, 1.807) is 11.6 Å². The lowest BCUT2D eigenvalue weighted by Crippen LogP contribution is -2.52. The van der Waals surface area contributed by atoms with Crippen LogP contribution in [0.3, 0.4) is 0 Å². The SMILES string of the molecule is C[C@@H](Oc1ccc(-n2cnnn2)cc1)C(=O)N1CCN(C)C[C@@H]1c1ccccc1. The van der Waals surface area contributed by atoms with Crippen molar-refractivity contribution in [1.82, 2.24) is 30.0 Å². The van der Waals surface area contributed by atoms with E-state index in [9.17, 15) is 4.79 Å². The number of carbonyl (C=O) groups is 1. The highest BCUT2D eigenvalue weighted by atomic mass is 16.5. The van der Waals surface area contributed by atoms with Crippen molar-refractivity contribution in [2.24, 2.45) is 0 Å². The summed E-state index contributed by atoms with van der Waals surface area (Å²) in [5, 5.41) is 11.1. The van der Waals surface area contributed by atoms with Crippen LogP contribution in [0.4, 0.5) is 0 Å². The fraction of sp³-hybridized carbons (Fsp3) is 0.333. The van der Waals surface area contributed by atoms with E-state index in [-0.39, 0.29) is 11.9 Å². The van der Waals surface area contributed by atoms with Crippen molar-refractivity contribution in [3.05, 3.63) is 66.5 Å². The van der Waals surface area contributed by atoms with Crippen molar-refractivity contribution in [1.29, 1.82) is 0 Å². The first-order valence-electron chi connectivity index (χ1n) is 9.66. The Labute approximate surface area is 169 Å². The molecule has 1 fully saturated rings. The lowest BCUT2D eigenvalue weighted by molar-refractivity contribution is -0.143. The minimum absolute atomic E-state index is 0.00324. The fourth-order valence-electron chi connectivity index (χ4n) is 3.59. The van der Waals surface area contributed by atoms with Gasteiger partial charge in [0.15, 0.2) is 6.10 Å². The molecule has 0 N–H and O–H groups in total. The van der Waals surface area contributed by atoms with Crippen LogP contribution in [0.1, 0.15) is 18.5 Å². The van der Waals surface area contributed by atoms with Crippen LogP contribution in [-0.2, 0) is 4.79 Å². The van der Waals surface area contributed by atoms with Crippen LogP contribution in [-0.4, -0.2) is 68.7 Å². The predicted molar refractivity (Wildman–Crippen MR) is 108 cm³/mol. The van der Waals surface area contributed by atoms with Crippen LogP contribution in [0.5, 0.6) is 5.75 Å². The number of aromatic nitrogens is 4. The van der Waals surface area contributed by atoms with Gasteiger partial charge in [-0.1, -0.05) is 30.3 Å². The molecule has 3 aromatic rings. The summed E-state index contributed by atoms with van der Waals surface area (Å²) in [6, 6.07) is 17.5. The maximum atomic E-state index is 13.2. The van der Waals surface area contributed by atoms with Gasteiger partial charge in [0.1, 0.15) is 12.1 Å². The average Bonchev–Trinajstić information content (AvgIpc) is 3.29. The molecule has 8 nitrogen and oxygen atoms in total. The molecule has 0 bridgehead atoms. The lowest BCUT2D eigenvalue weighted by Gasteiger charge is -2.41. The monoisotopic (exact) mass is 392 g/mol. The van der Waals surface area contributed by atoms with Crippen LogP contribution < -0.4 is 4.74 Å². The first-order chi connectivity index (χ1) is 14.1. The second kappa shape index (κ2) is 8.40. The minimum Gasteiger partial charge on any atom is -0.481 e. The standard InChI is InChI=1S/C21H24N6O2/c1-16(29-19-10-8-18(9-11-19)27-15-22-23-24-27)21(28)26-13-12-25(2)14-20(26)17-6-4-3-5-7-17/h3-11,15-16,20H,12-14H2,1-2H3/t16-,20-/m1/s1. The normalized spacial score (nSPS) is 18.4. The van der Waals surface area contributed by atoms with Crippen LogP contribution in [0.25, 0.3) is 5.69 Å². The van der Waals surface area contributed by atoms with Gasteiger partial charge in [0, 0.05) is 19.6 Å². The number of piperazine rings is 1. The van der Waals surface area contributed by atoms with E-state index in [0.717, 1.165) is 24.3 Å². The molecule has 1 aliphatic heterocycles. The Hall–Kier alpha value is -3.26. The molecular formula is C21H24N6O2. The number of carbonyl (C=O) groups excluding carboxylic acids is 1. The number of nitrogens with zero attached hydrogens (tertiary/aromatic N) is 6. The van der Waals surface area contributed by atoms with Crippen LogP contribution in [0.2, 0.25) is 0 Å². The predicted octanol–water partition coefficient (Wildman–Crippen LogP) is 1.94. The molecule has 1 saturated heterocycles. The smallest absolute Gasteiger partial charge is 0.263 e. The Kier molecular flexibility index (Phi) is 5.53. The number of ether oxygens (including phenoxy) is 1. The molecule has 0 radical (unpaired) electrons.